The van der Waals surface area contributed by atoms with E-state index in [9.17, 15) is 9.59 Å². The zero-order chi connectivity index (χ0) is 22.9. The van der Waals surface area contributed by atoms with Gasteiger partial charge in [0.2, 0.25) is 0 Å². The van der Waals surface area contributed by atoms with Crippen LogP contribution in [0.1, 0.15) is 31.8 Å². The van der Waals surface area contributed by atoms with Crippen LogP contribution in [0.5, 0.6) is 5.75 Å². The highest BCUT2D eigenvalue weighted by Gasteiger charge is 2.23. The number of esters is 1. The maximum absolute atomic E-state index is 12.3. The topological polar surface area (TPSA) is 83.7 Å². The summed E-state index contributed by atoms with van der Waals surface area (Å²) >= 11 is 0. The number of likely N-dealkylation sites (N-methyl/N-ethyl adjacent to an activating group) is 1. The number of nitrogens with zero attached hydrogens (tertiary/aromatic N) is 1. The molecule has 2 aromatic rings. The van der Waals surface area contributed by atoms with Crippen LogP contribution in [-0.2, 0) is 15.9 Å². The van der Waals surface area contributed by atoms with Gasteiger partial charge in [0.1, 0.15) is 11.4 Å². The third kappa shape index (κ3) is 5.49. The second kappa shape index (κ2) is 8.23. The fourth-order valence-electron chi connectivity index (χ4n) is 2.35. The highest BCUT2D eigenvalue weighted by Crippen LogP contribution is 2.29. The van der Waals surface area contributed by atoms with E-state index in [2.05, 4.69) is 10.3 Å². The van der Waals surface area contributed by atoms with E-state index in [0.29, 0.717) is 5.52 Å². The second-order valence-corrected chi connectivity index (χ2v) is 6.61. The average Bonchev–Trinajstić information content (AvgIpc) is 3.04. The fraction of sp³-hybridized carbons (Fsp3) is 0.474. The number of rotatable bonds is 7. The summed E-state index contributed by atoms with van der Waals surface area (Å²) < 4.78 is 43.7. The van der Waals surface area contributed by atoms with Crippen molar-refractivity contribution in [1.82, 2.24) is 15.2 Å². The standard InChI is InChI=1S/C19H27N3O4/c1-13(23)26-19(2,3)12-21-18(24)25-16-8-6-7-15-17(16)14(11-20-15)9-10-22(4)5/h6-8,11,20H,9-10,12H2,1-5H3,(H,21,24)/i9D2,10D2. The van der Waals surface area contributed by atoms with E-state index in [4.69, 9.17) is 15.0 Å². The van der Waals surface area contributed by atoms with Gasteiger partial charge in [0.15, 0.2) is 0 Å². The van der Waals surface area contributed by atoms with Crippen LogP contribution < -0.4 is 10.1 Å². The molecule has 0 unspecified atom stereocenters. The van der Waals surface area contributed by atoms with E-state index in [1.165, 1.54) is 33.3 Å². The lowest BCUT2D eigenvalue weighted by Gasteiger charge is -2.24. The van der Waals surface area contributed by atoms with Crippen molar-refractivity contribution in [3.05, 3.63) is 30.0 Å². The summed E-state index contributed by atoms with van der Waals surface area (Å²) in [5.74, 6) is -0.403. The Bertz CT molecular complexity index is 941. The monoisotopic (exact) mass is 365 g/mol. The van der Waals surface area contributed by atoms with Gasteiger partial charge in [-0.1, -0.05) is 6.07 Å². The Hall–Kier alpha value is -2.54. The molecule has 2 rings (SSSR count). The van der Waals surface area contributed by atoms with Crippen molar-refractivity contribution in [2.45, 2.75) is 32.7 Å². The summed E-state index contributed by atoms with van der Waals surface area (Å²) in [6, 6.07) is 4.80. The molecule has 7 nitrogen and oxygen atoms in total. The number of hydrogen-bond acceptors (Lipinski definition) is 5. The third-order valence-electron chi connectivity index (χ3n) is 3.36. The maximum atomic E-state index is 12.3. The van der Waals surface area contributed by atoms with E-state index >= 15 is 0 Å². The van der Waals surface area contributed by atoms with Crippen LogP contribution in [0.15, 0.2) is 24.4 Å². The summed E-state index contributed by atoms with van der Waals surface area (Å²) in [4.78, 5) is 27.5. The minimum atomic E-state index is -2.41. The predicted molar refractivity (Wildman–Crippen MR) is 100 cm³/mol. The Morgan fingerprint density at radius 3 is 2.73 bits per heavy atom. The van der Waals surface area contributed by atoms with Crippen LogP contribution in [0.2, 0.25) is 0 Å². The van der Waals surface area contributed by atoms with Crippen molar-refractivity contribution in [1.29, 1.82) is 0 Å². The largest absolute Gasteiger partial charge is 0.458 e. The average molecular weight is 365 g/mol. The normalized spacial score (nSPS) is 15.0. The molecule has 7 heteroatoms. The van der Waals surface area contributed by atoms with Gasteiger partial charge in [-0.15, -0.1) is 0 Å². The third-order valence-corrected chi connectivity index (χ3v) is 3.36. The van der Waals surface area contributed by atoms with Gasteiger partial charge in [-0.05, 0) is 52.0 Å². The molecule has 0 fully saturated rings. The summed E-state index contributed by atoms with van der Waals surface area (Å²) in [7, 11) is 2.89. The molecule has 1 amide bonds. The van der Waals surface area contributed by atoms with Gasteiger partial charge in [-0.25, -0.2) is 4.79 Å². The first-order chi connectivity index (χ1) is 13.7. The van der Waals surface area contributed by atoms with E-state index < -0.39 is 30.5 Å². The lowest BCUT2D eigenvalue weighted by atomic mass is 10.1. The van der Waals surface area contributed by atoms with Gasteiger partial charge in [-0.3, -0.25) is 4.79 Å². The number of aryl methyl sites for hydroxylation is 1. The molecule has 0 spiro atoms. The van der Waals surface area contributed by atoms with Crippen LogP contribution in [0.3, 0.4) is 0 Å². The fourth-order valence-corrected chi connectivity index (χ4v) is 2.35. The molecule has 1 aromatic heterocycles. The molecule has 0 bridgehead atoms. The number of carbonyl (C=O) groups is 2. The van der Waals surface area contributed by atoms with Gasteiger partial charge in [-0.2, -0.15) is 0 Å². The van der Waals surface area contributed by atoms with E-state index in [1.807, 2.05) is 0 Å². The number of ether oxygens (including phenoxy) is 2. The highest BCUT2D eigenvalue weighted by molar-refractivity contribution is 5.91. The number of amides is 1. The minimum Gasteiger partial charge on any atom is -0.458 e. The molecule has 0 atom stereocenters. The van der Waals surface area contributed by atoms with E-state index in [1.54, 1.807) is 26.0 Å². The number of aromatic nitrogens is 1. The zero-order valence-corrected chi connectivity index (χ0v) is 15.6. The van der Waals surface area contributed by atoms with E-state index in [-0.39, 0.29) is 23.2 Å². The SMILES string of the molecule is [2H]C([2H])(c1c[nH]c2cccc(OC(=O)NCC(C)(C)OC(C)=O)c12)C([2H])([2H])N(C)C. The summed E-state index contributed by atoms with van der Waals surface area (Å²) in [5.41, 5.74) is -0.413. The van der Waals surface area contributed by atoms with Gasteiger partial charge in [0.05, 0.1) is 6.54 Å². The van der Waals surface area contributed by atoms with Crippen molar-refractivity contribution in [3.8, 4) is 5.75 Å². The second-order valence-electron chi connectivity index (χ2n) is 6.61. The van der Waals surface area contributed by atoms with Crippen LogP contribution in [0.25, 0.3) is 10.9 Å². The number of carbonyl (C=O) groups excluding carboxylic acids is 2. The minimum absolute atomic E-state index is 0.00535. The Labute approximate surface area is 159 Å². The molecular formula is C19H27N3O4. The number of H-pyrrole nitrogens is 1. The molecule has 1 heterocycles. The zero-order valence-electron chi connectivity index (χ0n) is 19.6. The predicted octanol–water partition coefficient (Wildman–Crippen LogP) is 2.70. The highest BCUT2D eigenvalue weighted by atomic mass is 16.6. The van der Waals surface area contributed by atoms with Crippen LogP contribution >= 0.6 is 0 Å². The summed E-state index contributed by atoms with van der Waals surface area (Å²) in [6.45, 7) is 2.22. The molecule has 0 saturated heterocycles. The lowest BCUT2D eigenvalue weighted by molar-refractivity contribution is -0.153. The molecule has 0 saturated carbocycles. The Morgan fingerprint density at radius 2 is 2.08 bits per heavy atom. The molecule has 0 aliphatic carbocycles. The molecule has 26 heavy (non-hydrogen) atoms. The lowest BCUT2D eigenvalue weighted by Crippen LogP contribution is -2.42. The van der Waals surface area contributed by atoms with Crippen LogP contribution in [-0.4, -0.2) is 54.7 Å². The quantitative estimate of drug-likeness (QED) is 0.737. The Kier molecular flexibility index (Phi) is 4.62. The van der Waals surface area contributed by atoms with Crippen molar-refractivity contribution in [2.75, 3.05) is 27.1 Å². The number of aromatic amines is 1. The Balaban J connectivity index is 2.33. The van der Waals surface area contributed by atoms with Gasteiger partial charge >= 0.3 is 12.1 Å². The first kappa shape index (κ1) is 14.6. The first-order valence-corrected chi connectivity index (χ1v) is 8.12. The van der Waals surface area contributed by atoms with Crippen molar-refractivity contribution < 1.29 is 24.5 Å². The molecule has 2 N–H and O–H groups in total. The molecule has 0 aliphatic rings. The smallest absolute Gasteiger partial charge is 0.412 e. The van der Waals surface area contributed by atoms with Crippen LogP contribution in [0, 0.1) is 0 Å². The van der Waals surface area contributed by atoms with Crippen LogP contribution in [0.4, 0.5) is 4.79 Å². The number of hydrogen-bond donors (Lipinski definition) is 2. The molecule has 142 valence electrons. The van der Waals surface area contributed by atoms with Crippen molar-refractivity contribution >= 4 is 23.0 Å². The van der Waals surface area contributed by atoms with Crippen molar-refractivity contribution in [2.24, 2.45) is 0 Å². The van der Waals surface area contributed by atoms with Gasteiger partial charge < -0.3 is 24.7 Å². The Morgan fingerprint density at radius 1 is 1.35 bits per heavy atom. The molecule has 1 aromatic carbocycles. The number of fused-ring (bicyclic) bond motifs is 1. The van der Waals surface area contributed by atoms with Crippen molar-refractivity contribution in [3.63, 3.8) is 0 Å². The molecule has 0 aliphatic heterocycles. The number of nitrogens with one attached hydrogen (secondary N) is 2. The van der Waals surface area contributed by atoms with Gasteiger partial charge in [0.25, 0.3) is 0 Å². The number of benzene rings is 1. The first-order valence-electron chi connectivity index (χ1n) is 10.1. The summed E-state index contributed by atoms with van der Waals surface area (Å²) in [5, 5.41) is 2.78. The maximum Gasteiger partial charge on any atom is 0.412 e. The summed E-state index contributed by atoms with van der Waals surface area (Å²) in [6.07, 6.45) is -1.85. The van der Waals surface area contributed by atoms with Gasteiger partial charge in [0, 0.05) is 36.0 Å². The molecule has 0 radical (unpaired) electrons. The molecular weight excluding hydrogens is 334 g/mol. The van der Waals surface area contributed by atoms with E-state index in [0.717, 1.165) is 4.90 Å².